The first kappa shape index (κ1) is 23.9. The van der Waals surface area contributed by atoms with Crippen LogP contribution in [0.15, 0.2) is 34.1 Å². The number of rotatable bonds is 6. The van der Waals surface area contributed by atoms with Crippen LogP contribution in [-0.2, 0) is 19.7 Å². The molecule has 170 valence electrons. The van der Waals surface area contributed by atoms with Crippen LogP contribution in [0, 0.1) is 53.4 Å². The molecule has 6 nitrogen and oxygen atoms in total. The Labute approximate surface area is 185 Å². The van der Waals surface area contributed by atoms with Gasteiger partial charge in [-0.1, -0.05) is 35.4 Å². The average molecular weight is 465 g/mol. The second kappa shape index (κ2) is 7.99. The molecule has 31 heavy (non-hydrogen) atoms. The predicted octanol–water partition coefficient (Wildman–Crippen LogP) is 2.99. The summed E-state index contributed by atoms with van der Waals surface area (Å²) in [6.07, 6.45) is 0.370. The molecule has 1 aliphatic carbocycles. The van der Waals surface area contributed by atoms with Gasteiger partial charge in [-0.3, -0.25) is 0 Å². The Morgan fingerprint density at radius 2 is 0.903 bits per heavy atom. The van der Waals surface area contributed by atoms with Gasteiger partial charge in [0.1, 0.15) is 10.7 Å². The summed E-state index contributed by atoms with van der Waals surface area (Å²) in [6, 6.07) is 7.26. The molecule has 0 spiro atoms. The minimum atomic E-state index is -3.82. The molecule has 0 aromatic heterocycles. The molecule has 0 bridgehead atoms. The molecule has 8 heteroatoms. The van der Waals surface area contributed by atoms with Crippen molar-refractivity contribution in [1.82, 2.24) is 0 Å². The molecule has 1 saturated carbocycles. The van der Waals surface area contributed by atoms with E-state index in [9.17, 15) is 16.8 Å². The molecule has 4 N–H and O–H groups in total. The highest BCUT2D eigenvalue weighted by Crippen LogP contribution is 2.48. The Morgan fingerprint density at radius 3 is 1.16 bits per heavy atom. The molecule has 3 rings (SSSR count). The summed E-state index contributed by atoms with van der Waals surface area (Å²) in [5, 5.41) is -2.39. The van der Waals surface area contributed by atoms with Crippen LogP contribution in [0.5, 0.6) is 0 Å². The van der Waals surface area contributed by atoms with Crippen LogP contribution in [0.2, 0.25) is 0 Å². The van der Waals surface area contributed by atoms with Crippen molar-refractivity contribution in [2.24, 2.45) is 23.3 Å². The molecule has 0 saturated heterocycles. The Hall–Kier alpha value is -1.74. The predicted molar refractivity (Wildman–Crippen MR) is 123 cm³/mol. The smallest absolute Gasteiger partial charge is 0.194 e. The third-order valence-electron chi connectivity index (χ3n) is 6.23. The fourth-order valence-electron chi connectivity index (χ4n) is 4.95. The van der Waals surface area contributed by atoms with E-state index >= 15 is 0 Å². The second-order valence-corrected chi connectivity index (χ2v) is 13.1. The quantitative estimate of drug-likeness (QED) is 0.678. The summed E-state index contributed by atoms with van der Waals surface area (Å²) >= 11 is 0. The van der Waals surface area contributed by atoms with Crippen LogP contribution < -0.4 is 11.5 Å². The zero-order chi connectivity index (χ0) is 23.5. The van der Waals surface area contributed by atoms with Crippen LogP contribution in [-0.4, -0.2) is 27.6 Å². The maximum atomic E-state index is 13.3. The van der Waals surface area contributed by atoms with Crippen molar-refractivity contribution in [2.45, 2.75) is 68.5 Å². The zero-order valence-electron chi connectivity index (χ0n) is 18.9. The lowest BCUT2D eigenvalue weighted by Crippen LogP contribution is -2.39. The first-order valence-corrected chi connectivity index (χ1v) is 13.4. The first-order valence-electron chi connectivity index (χ1n) is 10.3. The fourth-order valence-corrected chi connectivity index (χ4v) is 9.08. The fraction of sp³-hybridized carbons (Fsp3) is 0.478. The van der Waals surface area contributed by atoms with Gasteiger partial charge in [-0.05, 0) is 82.1 Å². The number of nitrogens with two attached hydrogens (primary N) is 2. The van der Waals surface area contributed by atoms with Crippen LogP contribution in [0.4, 0.5) is 0 Å². The van der Waals surface area contributed by atoms with E-state index in [0.717, 1.165) is 11.1 Å². The van der Waals surface area contributed by atoms with E-state index < -0.39 is 42.3 Å². The van der Waals surface area contributed by atoms with Gasteiger partial charge in [-0.2, -0.15) is 0 Å². The van der Waals surface area contributed by atoms with Gasteiger partial charge in [0.2, 0.25) is 0 Å². The molecule has 0 heterocycles. The van der Waals surface area contributed by atoms with Crippen molar-refractivity contribution < 1.29 is 16.8 Å². The number of aryl methyl sites for hydroxylation is 6. The maximum Gasteiger partial charge on any atom is 0.194 e. The number of hydrogen-bond donors (Lipinski definition) is 2. The van der Waals surface area contributed by atoms with Crippen LogP contribution in [0.25, 0.3) is 0 Å². The van der Waals surface area contributed by atoms with Gasteiger partial charge in [0.25, 0.3) is 0 Å². The molecule has 2 aromatic carbocycles. The van der Waals surface area contributed by atoms with Crippen LogP contribution >= 0.6 is 0 Å². The molecule has 4 atom stereocenters. The standard InChI is InChI=1S/C23H32N2O4S2/c1-12-7-14(3)20(15(4)8-12)30(26,27)22(24)18-11-19(18)23(25)31(28,29)21-16(5)9-13(2)10-17(21)6/h7-10,18-19,22-23H,11,24-25H2,1-6H3. The third kappa shape index (κ3) is 4.18. The lowest BCUT2D eigenvalue weighted by molar-refractivity contribution is 0.537. The van der Waals surface area contributed by atoms with E-state index in [1.165, 1.54) is 0 Å². The van der Waals surface area contributed by atoms with Crippen molar-refractivity contribution in [2.75, 3.05) is 0 Å². The number of hydrogen-bond acceptors (Lipinski definition) is 6. The highest BCUT2D eigenvalue weighted by atomic mass is 32.2. The van der Waals surface area contributed by atoms with E-state index in [-0.39, 0.29) is 9.79 Å². The largest absolute Gasteiger partial charge is 0.315 e. The Morgan fingerprint density at radius 1 is 0.645 bits per heavy atom. The molecule has 4 unspecified atom stereocenters. The Bertz CT molecular complexity index is 1110. The monoisotopic (exact) mass is 464 g/mol. The number of benzene rings is 2. The molecule has 0 amide bonds. The Kier molecular flexibility index (Phi) is 6.17. The van der Waals surface area contributed by atoms with E-state index in [4.69, 9.17) is 11.5 Å². The molecule has 0 aliphatic heterocycles. The summed E-state index contributed by atoms with van der Waals surface area (Å²) in [5.74, 6) is -0.998. The van der Waals surface area contributed by atoms with Crippen molar-refractivity contribution >= 4 is 19.7 Å². The molecule has 1 fully saturated rings. The van der Waals surface area contributed by atoms with Gasteiger partial charge < -0.3 is 11.5 Å². The maximum absolute atomic E-state index is 13.3. The summed E-state index contributed by atoms with van der Waals surface area (Å²) in [5.41, 5.74) is 17.0. The minimum Gasteiger partial charge on any atom is -0.315 e. The van der Waals surface area contributed by atoms with Gasteiger partial charge in [-0.25, -0.2) is 16.8 Å². The molecule has 2 aromatic rings. The van der Waals surface area contributed by atoms with Crippen LogP contribution in [0.3, 0.4) is 0 Å². The van der Waals surface area contributed by atoms with Gasteiger partial charge in [-0.15, -0.1) is 0 Å². The van der Waals surface area contributed by atoms with E-state index in [2.05, 4.69) is 0 Å². The summed E-state index contributed by atoms with van der Waals surface area (Å²) in [6.45, 7) is 10.8. The Balaban J connectivity index is 1.90. The van der Waals surface area contributed by atoms with Crippen LogP contribution in [0.1, 0.15) is 39.8 Å². The molecule has 0 radical (unpaired) electrons. The third-order valence-corrected chi connectivity index (χ3v) is 10.8. The highest BCUT2D eigenvalue weighted by Gasteiger charge is 2.53. The van der Waals surface area contributed by atoms with Crippen molar-refractivity contribution in [1.29, 1.82) is 0 Å². The molecular weight excluding hydrogens is 432 g/mol. The molecular formula is C23H32N2O4S2. The minimum absolute atomic E-state index is 0.234. The molecule has 1 aliphatic rings. The van der Waals surface area contributed by atoms with Crippen molar-refractivity contribution in [3.8, 4) is 0 Å². The van der Waals surface area contributed by atoms with Crippen molar-refractivity contribution in [3.63, 3.8) is 0 Å². The van der Waals surface area contributed by atoms with Gasteiger partial charge in [0, 0.05) is 0 Å². The number of sulfone groups is 2. The lowest BCUT2D eigenvalue weighted by atomic mass is 10.1. The van der Waals surface area contributed by atoms with E-state index in [1.54, 1.807) is 27.7 Å². The SMILES string of the molecule is Cc1cc(C)c(S(=O)(=O)C(N)C2CC2C(N)S(=O)(=O)c2c(C)cc(C)cc2C)c(C)c1. The topological polar surface area (TPSA) is 120 Å². The lowest BCUT2D eigenvalue weighted by Gasteiger charge is -2.20. The summed E-state index contributed by atoms with van der Waals surface area (Å²) in [4.78, 5) is 0.468. The highest BCUT2D eigenvalue weighted by molar-refractivity contribution is 7.92. The van der Waals surface area contributed by atoms with Gasteiger partial charge >= 0.3 is 0 Å². The van der Waals surface area contributed by atoms with Gasteiger partial charge in [0.05, 0.1) is 9.79 Å². The zero-order valence-corrected chi connectivity index (χ0v) is 20.6. The van der Waals surface area contributed by atoms with Gasteiger partial charge in [0.15, 0.2) is 19.7 Å². The average Bonchev–Trinajstić information content (AvgIpc) is 3.38. The second-order valence-electron chi connectivity index (χ2n) is 9.04. The first-order chi connectivity index (χ1) is 14.2. The van der Waals surface area contributed by atoms with Crippen molar-refractivity contribution in [3.05, 3.63) is 57.6 Å². The normalized spacial score (nSPS) is 21.0. The van der Waals surface area contributed by atoms with E-state index in [1.807, 2.05) is 38.1 Å². The van der Waals surface area contributed by atoms with E-state index in [0.29, 0.717) is 28.7 Å². The summed E-state index contributed by atoms with van der Waals surface area (Å²) in [7, 11) is -7.65. The summed E-state index contributed by atoms with van der Waals surface area (Å²) < 4.78 is 53.1.